The summed E-state index contributed by atoms with van der Waals surface area (Å²) in [6, 6.07) is 33.6. The van der Waals surface area contributed by atoms with Crippen LogP contribution >= 0.6 is 16.8 Å². The van der Waals surface area contributed by atoms with Crippen LogP contribution in [-0.2, 0) is 27.8 Å². The highest BCUT2D eigenvalue weighted by Crippen LogP contribution is 2.52. The summed E-state index contributed by atoms with van der Waals surface area (Å²) in [6.07, 6.45) is 5.84. The Morgan fingerprint density at radius 3 is 1.62 bits per heavy atom. The summed E-state index contributed by atoms with van der Waals surface area (Å²) in [5, 5.41) is 0. The molecule has 0 bridgehead atoms. The minimum atomic E-state index is -1.21. The van der Waals surface area contributed by atoms with Crippen LogP contribution in [0.15, 0.2) is 97.1 Å². The summed E-state index contributed by atoms with van der Waals surface area (Å²) in [5.74, 6) is 1.59. The number of rotatable bonds is 15. The molecule has 210 valence electrons. The molecule has 0 aliphatic rings. The van der Waals surface area contributed by atoms with E-state index in [-0.39, 0.29) is 0 Å². The van der Waals surface area contributed by atoms with Crippen molar-refractivity contribution in [2.24, 2.45) is 0 Å². The average molecular weight is 575 g/mol. The van der Waals surface area contributed by atoms with Crippen molar-refractivity contribution in [1.82, 2.24) is 0 Å². The Hall–Kier alpha value is -2.74. The van der Waals surface area contributed by atoms with Crippen molar-refractivity contribution in [3.8, 4) is 22.6 Å². The molecule has 0 spiro atoms. The van der Waals surface area contributed by atoms with Crippen molar-refractivity contribution >= 4 is 16.8 Å². The van der Waals surface area contributed by atoms with E-state index in [1.54, 1.807) is 14.2 Å². The third-order valence-electron chi connectivity index (χ3n) is 6.62. The van der Waals surface area contributed by atoms with E-state index >= 15 is 0 Å². The molecule has 6 heteroatoms. The Kier molecular flexibility index (Phi) is 12.0. The van der Waals surface area contributed by atoms with E-state index in [1.165, 1.54) is 35.1 Å². The van der Waals surface area contributed by atoms with Gasteiger partial charge >= 0.3 is 0 Å². The smallest absolute Gasteiger partial charge is 0.234 e. The number of hydrogen-bond acceptors (Lipinski definition) is 4. The zero-order chi connectivity index (χ0) is 28.2. The van der Waals surface area contributed by atoms with Crippen molar-refractivity contribution in [1.29, 1.82) is 0 Å². The summed E-state index contributed by atoms with van der Waals surface area (Å²) < 4.78 is 25.3. The van der Waals surface area contributed by atoms with E-state index in [0.29, 0.717) is 12.3 Å². The average Bonchev–Trinajstić information content (AvgIpc) is 2.97. The molecule has 0 N–H and O–H groups in total. The second kappa shape index (κ2) is 15.9. The fourth-order valence-corrected chi connectivity index (χ4v) is 6.83. The van der Waals surface area contributed by atoms with Crippen LogP contribution in [0.1, 0.15) is 48.4 Å². The van der Waals surface area contributed by atoms with Gasteiger partial charge in [-0.15, -0.1) is 0 Å². The van der Waals surface area contributed by atoms with Crippen molar-refractivity contribution in [3.05, 3.63) is 119 Å². The van der Waals surface area contributed by atoms with E-state index in [2.05, 4.69) is 98.8 Å². The summed E-state index contributed by atoms with van der Waals surface area (Å²) in [5.41, 5.74) is 6.76. The molecule has 0 heterocycles. The molecule has 2 unspecified atom stereocenters. The molecule has 0 aromatic heterocycles. The third-order valence-corrected chi connectivity index (χ3v) is 9.48. The summed E-state index contributed by atoms with van der Waals surface area (Å²) in [4.78, 5) is 0. The minimum Gasteiger partial charge on any atom is -0.446 e. The minimum absolute atomic E-state index is 0.703. The molecule has 4 aromatic rings. The molecule has 2 atom stereocenters. The number of unbranched alkanes of at least 4 members (excludes halogenated alkanes) is 2. The topological polar surface area (TPSA) is 36.9 Å². The molecule has 0 aliphatic carbocycles. The SMILES string of the molecule is CCCCCc1cc(OP(Cc2ccccc2)OC)c(-c2cccc(C)c2)c(OP(Cc2ccccc2)OC)c1. The van der Waals surface area contributed by atoms with Crippen LogP contribution in [0.3, 0.4) is 0 Å². The summed E-state index contributed by atoms with van der Waals surface area (Å²) >= 11 is 0. The monoisotopic (exact) mass is 574 g/mol. The normalized spacial score (nSPS) is 12.6. The van der Waals surface area contributed by atoms with Gasteiger partial charge in [-0.05, 0) is 54.2 Å². The fourth-order valence-electron chi connectivity index (χ4n) is 4.55. The first-order valence-corrected chi connectivity index (χ1v) is 16.6. The van der Waals surface area contributed by atoms with E-state index in [0.717, 1.165) is 35.5 Å². The number of benzene rings is 4. The van der Waals surface area contributed by atoms with Crippen molar-refractivity contribution in [2.45, 2.75) is 51.9 Å². The Morgan fingerprint density at radius 1 is 0.600 bits per heavy atom. The van der Waals surface area contributed by atoms with Gasteiger partial charge in [-0.1, -0.05) is 110 Å². The lowest BCUT2D eigenvalue weighted by Crippen LogP contribution is -2.01. The van der Waals surface area contributed by atoms with Crippen LogP contribution in [-0.4, -0.2) is 14.2 Å². The molecule has 0 radical (unpaired) electrons. The zero-order valence-corrected chi connectivity index (χ0v) is 25.8. The zero-order valence-electron chi connectivity index (χ0n) is 24.0. The maximum Gasteiger partial charge on any atom is 0.234 e. The quantitative estimate of drug-likeness (QED) is 0.105. The lowest BCUT2D eigenvalue weighted by Gasteiger charge is -2.24. The Labute approximate surface area is 242 Å². The van der Waals surface area contributed by atoms with Crippen molar-refractivity contribution < 1.29 is 18.1 Å². The standard InChI is InChI=1S/C34H40O4P2/c1-5-6-9-20-30-23-32(37-39(35-3)25-28-16-10-7-11-17-28)34(31-21-14-15-27(2)22-31)33(24-30)38-40(36-4)26-29-18-12-8-13-19-29/h7-8,10-19,21-24H,5-6,9,20,25-26H2,1-4H3. The molecule has 0 aliphatic heterocycles. The van der Waals surface area contributed by atoms with Crippen LogP contribution < -0.4 is 9.05 Å². The van der Waals surface area contributed by atoms with Gasteiger partial charge in [0.15, 0.2) is 0 Å². The predicted molar refractivity (Wildman–Crippen MR) is 169 cm³/mol. The molecular weight excluding hydrogens is 534 g/mol. The van der Waals surface area contributed by atoms with Crippen molar-refractivity contribution in [3.63, 3.8) is 0 Å². The van der Waals surface area contributed by atoms with E-state index in [9.17, 15) is 0 Å². The first-order chi connectivity index (χ1) is 19.6. The van der Waals surface area contributed by atoms with Crippen LogP contribution in [0.2, 0.25) is 0 Å². The highest BCUT2D eigenvalue weighted by atomic mass is 31.2. The van der Waals surface area contributed by atoms with E-state index < -0.39 is 16.8 Å². The molecule has 0 fully saturated rings. The second-order valence-corrected chi connectivity index (χ2v) is 12.9. The van der Waals surface area contributed by atoms with Crippen LogP contribution in [0, 0.1) is 6.92 Å². The molecule has 40 heavy (non-hydrogen) atoms. The maximum atomic E-state index is 6.74. The Morgan fingerprint density at radius 2 is 1.15 bits per heavy atom. The summed E-state index contributed by atoms with van der Waals surface area (Å²) in [7, 11) is 1.04. The summed E-state index contributed by atoms with van der Waals surface area (Å²) in [6.45, 7) is 4.34. The first kappa shape index (κ1) is 30.2. The lowest BCUT2D eigenvalue weighted by atomic mass is 9.98. The van der Waals surface area contributed by atoms with Crippen LogP contribution in [0.5, 0.6) is 11.5 Å². The van der Waals surface area contributed by atoms with Crippen LogP contribution in [0.4, 0.5) is 0 Å². The number of hydrogen-bond donors (Lipinski definition) is 0. The van der Waals surface area contributed by atoms with Gasteiger partial charge in [0.1, 0.15) is 11.5 Å². The Balaban J connectivity index is 1.76. The van der Waals surface area contributed by atoms with Gasteiger partial charge in [-0.2, -0.15) is 0 Å². The molecule has 4 rings (SSSR count). The third kappa shape index (κ3) is 8.88. The van der Waals surface area contributed by atoms with Gasteiger partial charge in [0.25, 0.3) is 0 Å². The second-order valence-electron chi connectivity index (χ2n) is 9.79. The van der Waals surface area contributed by atoms with Gasteiger partial charge in [-0.3, -0.25) is 0 Å². The highest BCUT2D eigenvalue weighted by molar-refractivity contribution is 7.47. The molecule has 4 aromatic carbocycles. The Bertz CT molecular complexity index is 1240. The van der Waals surface area contributed by atoms with Gasteiger partial charge in [-0.25, -0.2) is 0 Å². The fraction of sp³-hybridized carbons (Fsp3) is 0.294. The van der Waals surface area contributed by atoms with Crippen LogP contribution in [0.25, 0.3) is 11.1 Å². The predicted octanol–water partition coefficient (Wildman–Crippen LogP) is 10.5. The van der Waals surface area contributed by atoms with Crippen molar-refractivity contribution in [2.75, 3.05) is 14.2 Å². The maximum absolute atomic E-state index is 6.74. The molecule has 4 nitrogen and oxygen atoms in total. The van der Waals surface area contributed by atoms with E-state index in [1.807, 2.05) is 12.1 Å². The van der Waals surface area contributed by atoms with Gasteiger partial charge in [0.05, 0.1) is 17.9 Å². The van der Waals surface area contributed by atoms with E-state index in [4.69, 9.17) is 18.1 Å². The highest BCUT2D eigenvalue weighted by Gasteiger charge is 2.23. The van der Waals surface area contributed by atoms with Gasteiger partial charge < -0.3 is 18.1 Å². The molecule has 0 amide bonds. The largest absolute Gasteiger partial charge is 0.446 e. The van der Waals surface area contributed by atoms with Gasteiger partial charge in [0.2, 0.25) is 16.8 Å². The first-order valence-electron chi connectivity index (χ1n) is 13.9. The lowest BCUT2D eigenvalue weighted by molar-refractivity contribution is 0.389. The number of aryl methyl sites for hydroxylation is 2. The molecule has 0 saturated carbocycles. The molecule has 0 saturated heterocycles. The molecular formula is C34H40O4P2. The van der Waals surface area contributed by atoms with Gasteiger partial charge in [0, 0.05) is 14.2 Å².